The first-order valence-electron chi connectivity index (χ1n) is 15.2. The predicted octanol–water partition coefficient (Wildman–Crippen LogP) is 7.13. The van der Waals surface area contributed by atoms with Crippen molar-refractivity contribution in [1.29, 1.82) is 0 Å². The Labute approximate surface area is 278 Å². The van der Waals surface area contributed by atoms with E-state index in [0.29, 0.717) is 21.9 Å². The highest BCUT2D eigenvalue weighted by Crippen LogP contribution is 2.37. The van der Waals surface area contributed by atoms with Gasteiger partial charge in [-0.15, -0.1) is 0 Å². The van der Waals surface area contributed by atoms with Gasteiger partial charge in [-0.1, -0.05) is 66.7 Å². The summed E-state index contributed by atoms with van der Waals surface area (Å²) in [6.07, 6.45) is 0.0785. The molecule has 0 saturated heterocycles. The molecule has 0 aliphatic carbocycles. The molecule has 2 unspecified atom stereocenters. The van der Waals surface area contributed by atoms with Crippen molar-refractivity contribution in [2.75, 3.05) is 0 Å². The number of hydrogen-bond donors (Lipinski definition) is 2. The van der Waals surface area contributed by atoms with Gasteiger partial charge in [0.05, 0.1) is 26.8 Å². The second-order valence-electron chi connectivity index (χ2n) is 11.5. The topological polar surface area (TPSA) is 178 Å². The van der Waals surface area contributed by atoms with Crippen LogP contribution in [-0.4, -0.2) is 26.7 Å². The lowest BCUT2D eigenvalue weighted by Gasteiger charge is -2.17. The fourth-order valence-corrected chi connectivity index (χ4v) is 5.77. The highest BCUT2D eigenvalue weighted by atomic mass is 16.6. The number of nitro groups is 1. The van der Waals surface area contributed by atoms with Crippen molar-refractivity contribution in [3.8, 4) is 11.5 Å². The molecule has 2 aromatic heterocycles. The Morgan fingerprint density at radius 1 is 0.633 bits per heavy atom. The molecule has 11 heteroatoms. The van der Waals surface area contributed by atoms with Gasteiger partial charge in [-0.25, -0.2) is 9.59 Å². The summed E-state index contributed by atoms with van der Waals surface area (Å²) >= 11 is 0. The SMILES string of the molecule is CC(=O)CC(c1ccc([N+](=O)[O-])cc1)c1c(O)c2ccccc2oc1=O.CC(=O)CC(c1ccccc1)c1c(O)c2ccccc2oc1=O. The molecule has 0 saturated carbocycles. The summed E-state index contributed by atoms with van der Waals surface area (Å²) in [4.78, 5) is 58.6. The summed E-state index contributed by atoms with van der Waals surface area (Å²) in [7, 11) is 0. The molecule has 0 amide bonds. The minimum Gasteiger partial charge on any atom is -0.507 e. The Morgan fingerprint density at radius 2 is 1.02 bits per heavy atom. The lowest BCUT2D eigenvalue weighted by Crippen LogP contribution is -2.16. The summed E-state index contributed by atoms with van der Waals surface area (Å²) < 4.78 is 10.6. The summed E-state index contributed by atoms with van der Waals surface area (Å²) in [5.41, 5.74) is 0.492. The van der Waals surface area contributed by atoms with Gasteiger partial charge in [0.15, 0.2) is 0 Å². The molecule has 6 rings (SSSR count). The van der Waals surface area contributed by atoms with Crippen LogP contribution in [0.3, 0.4) is 0 Å². The van der Waals surface area contributed by atoms with Crippen molar-refractivity contribution < 1.29 is 33.6 Å². The van der Waals surface area contributed by atoms with Crippen molar-refractivity contribution in [3.05, 3.63) is 156 Å². The van der Waals surface area contributed by atoms with E-state index < -0.39 is 28.0 Å². The Kier molecular flexibility index (Phi) is 10.1. The quantitative estimate of drug-likeness (QED) is 0.0920. The highest BCUT2D eigenvalue weighted by Gasteiger charge is 2.27. The number of nitro benzene ring substituents is 1. The van der Waals surface area contributed by atoms with E-state index in [1.807, 2.05) is 30.3 Å². The van der Waals surface area contributed by atoms with E-state index in [1.165, 1.54) is 38.1 Å². The number of rotatable bonds is 9. The zero-order chi connectivity index (χ0) is 35.2. The maximum Gasteiger partial charge on any atom is 0.343 e. The molecule has 248 valence electrons. The van der Waals surface area contributed by atoms with Gasteiger partial charge in [-0.3, -0.25) is 19.7 Å². The van der Waals surface area contributed by atoms with Crippen LogP contribution in [0.5, 0.6) is 11.5 Å². The first kappa shape index (κ1) is 34.0. The number of ketones is 2. The van der Waals surface area contributed by atoms with Crippen LogP contribution in [0, 0.1) is 10.1 Å². The predicted molar refractivity (Wildman–Crippen MR) is 182 cm³/mol. The third-order valence-corrected chi connectivity index (χ3v) is 8.03. The Bertz CT molecular complexity index is 2290. The molecule has 0 spiro atoms. The van der Waals surface area contributed by atoms with Gasteiger partial charge in [-0.05, 0) is 49.2 Å². The zero-order valence-electron chi connectivity index (χ0n) is 26.5. The number of carbonyl (C=O) groups is 2. The molecule has 0 bridgehead atoms. The van der Waals surface area contributed by atoms with Crippen LogP contribution in [0.15, 0.2) is 122 Å². The Morgan fingerprint density at radius 3 is 1.43 bits per heavy atom. The van der Waals surface area contributed by atoms with Gasteiger partial charge < -0.3 is 19.0 Å². The van der Waals surface area contributed by atoms with E-state index in [4.69, 9.17) is 8.83 Å². The largest absolute Gasteiger partial charge is 0.507 e. The van der Waals surface area contributed by atoms with Gasteiger partial charge >= 0.3 is 11.3 Å². The fraction of sp³-hybridized carbons (Fsp3) is 0.158. The number of carbonyl (C=O) groups excluding carboxylic acids is 2. The van der Waals surface area contributed by atoms with Crippen LogP contribution >= 0.6 is 0 Å². The highest BCUT2D eigenvalue weighted by molar-refractivity contribution is 5.86. The first-order chi connectivity index (χ1) is 23.5. The van der Waals surface area contributed by atoms with Gasteiger partial charge in [-0.2, -0.15) is 0 Å². The lowest BCUT2D eigenvalue weighted by atomic mass is 9.87. The normalized spacial score (nSPS) is 12.1. The first-order valence-corrected chi connectivity index (χ1v) is 15.2. The smallest absolute Gasteiger partial charge is 0.343 e. The second kappa shape index (κ2) is 14.6. The van der Waals surface area contributed by atoms with Crippen molar-refractivity contribution in [1.82, 2.24) is 0 Å². The maximum atomic E-state index is 12.5. The van der Waals surface area contributed by atoms with Crippen LogP contribution in [0.2, 0.25) is 0 Å². The number of non-ortho nitro benzene ring substituents is 1. The summed E-state index contributed by atoms with van der Waals surface area (Å²) in [6, 6.07) is 28.1. The van der Waals surface area contributed by atoms with E-state index >= 15 is 0 Å². The average Bonchev–Trinajstić information content (AvgIpc) is 3.08. The molecular formula is C38H31NO10. The molecule has 6 aromatic rings. The minimum atomic E-state index is -0.769. The van der Waals surface area contributed by atoms with Gasteiger partial charge in [0.2, 0.25) is 0 Å². The third kappa shape index (κ3) is 7.46. The van der Waals surface area contributed by atoms with Crippen LogP contribution in [0.1, 0.15) is 60.8 Å². The number of fused-ring (bicyclic) bond motifs is 2. The molecule has 0 aliphatic rings. The van der Waals surface area contributed by atoms with Crippen molar-refractivity contribution in [2.24, 2.45) is 0 Å². The number of hydrogen-bond acceptors (Lipinski definition) is 10. The molecule has 2 atom stereocenters. The number of benzene rings is 4. The number of aromatic hydroxyl groups is 2. The Hall–Kier alpha value is -6.36. The van der Waals surface area contributed by atoms with Crippen LogP contribution in [-0.2, 0) is 9.59 Å². The van der Waals surface area contributed by atoms with Crippen molar-refractivity contribution in [2.45, 2.75) is 38.5 Å². The van der Waals surface area contributed by atoms with Crippen LogP contribution < -0.4 is 11.3 Å². The fourth-order valence-electron chi connectivity index (χ4n) is 5.77. The molecule has 0 radical (unpaired) electrons. The lowest BCUT2D eigenvalue weighted by molar-refractivity contribution is -0.384. The van der Waals surface area contributed by atoms with Gasteiger partial charge in [0, 0.05) is 36.8 Å². The van der Waals surface area contributed by atoms with Crippen LogP contribution in [0.4, 0.5) is 5.69 Å². The second-order valence-corrected chi connectivity index (χ2v) is 11.5. The van der Waals surface area contributed by atoms with Gasteiger partial charge in [0.1, 0.15) is 34.2 Å². The summed E-state index contributed by atoms with van der Waals surface area (Å²) in [5, 5.41) is 32.9. The zero-order valence-corrected chi connectivity index (χ0v) is 26.5. The van der Waals surface area contributed by atoms with E-state index in [2.05, 4.69) is 0 Å². The third-order valence-electron chi connectivity index (χ3n) is 8.03. The molecule has 49 heavy (non-hydrogen) atoms. The summed E-state index contributed by atoms with van der Waals surface area (Å²) in [5.74, 6) is -1.93. The number of para-hydroxylation sites is 2. The molecular weight excluding hydrogens is 630 g/mol. The molecule has 2 heterocycles. The molecule has 11 nitrogen and oxygen atoms in total. The van der Waals surface area contributed by atoms with E-state index in [0.717, 1.165) is 5.56 Å². The molecule has 0 aliphatic heterocycles. The number of Topliss-reactive ketones (excluding diaryl/α,β-unsaturated/α-hetero) is 2. The monoisotopic (exact) mass is 661 g/mol. The Balaban J connectivity index is 0.000000192. The molecule has 2 N–H and O–H groups in total. The van der Waals surface area contributed by atoms with Crippen molar-refractivity contribution in [3.63, 3.8) is 0 Å². The minimum absolute atomic E-state index is 0.0345. The van der Waals surface area contributed by atoms with E-state index in [1.54, 1.807) is 48.5 Å². The standard InChI is InChI=1S/C19H15NO6.C19H16O4/c1-11(21)10-15(12-6-8-13(9-7-12)20(24)25)17-18(22)14-4-2-3-5-16(14)26-19(17)23;1-12(20)11-15(13-7-3-2-4-8-13)17-18(21)14-9-5-6-10-16(14)23-19(17)22/h2-9,15,22H,10H2,1H3;2-10,15,21H,11H2,1H3. The summed E-state index contributed by atoms with van der Waals surface area (Å²) in [6.45, 7) is 2.84. The van der Waals surface area contributed by atoms with Crippen LogP contribution in [0.25, 0.3) is 21.9 Å². The van der Waals surface area contributed by atoms with E-state index in [-0.39, 0.29) is 58.3 Å². The maximum absolute atomic E-state index is 12.5. The van der Waals surface area contributed by atoms with E-state index in [9.17, 15) is 39.5 Å². The molecule has 0 fully saturated rings. The van der Waals surface area contributed by atoms with Crippen molar-refractivity contribution >= 4 is 39.2 Å². The number of nitrogens with zero attached hydrogens (tertiary/aromatic N) is 1. The molecule has 4 aromatic carbocycles. The average molecular weight is 662 g/mol. The van der Waals surface area contributed by atoms with Gasteiger partial charge in [0.25, 0.3) is 5.69 Å².